The first-order valence-electron chi connectivity index (χ1n) is 6.89. The largest absolute Gasteiger partial charge is 0.416 e. The molecule has 130 valence electrons. The highest BCUT2D eigenvalue weighted by molar-refractivity contribution is 5.89. The van der Waals surface area contributed by atoms with Gasteiger partial charge in [0.15, 0.2) is 6.04 Å². The third-order valence-corrected chi connectivity index (χ3v) is 3.52. The Morgan fingerprint density at radius 2 is 1.96 bits per heavy atom. The van der Waals surface area contributed by atoms with Crippen LogP contribution in [0.15, 0.2) is 29.3 Å². The fourth-order valence-electron chi connectivity index (χ4n) is 2.06. The second kappa shape index (κ2) is 6.38. The van der Waals surface area contributed by atoms with Gasteiger partial charge in [-0.2, -0.15) is 13.2 Å². The maximum atomic E-state index is 13.2. The summed E-state index contributed by atoms with van der Waals surface area (Å²) < 4.78 is 42.0. The number of urea groups is 1. The summed E-state index contributed by atoms with van der Waals surface area (Å²) in [5.41, 5.74) is -0.000739. The number of hydrogen-bond acceptors (Lipinski definition) is 3. The van der Waals surface area contributed by atoms with Crippen molar-refractivity contribution in [3.05, 3.63) is 46.4 Å². The van der Waals surface area contributed by atoms with E-state index in [0.717, 1.165) is 4.57 Å². The van der Waals surface area contributed by atoms with E-state index in [-0.39, 0.29) is 11.5 Å². The number of nitrogens with one attached hydrogen (secondary N) is 2. The predicted molar refractivity (Wildman–Crippen MR) is 80.6 cm³/mol. The molecule has 1 unspecified atom stereocenters. The molecule has 7 nitrogen and oxygen atoms in total. The molecule has 0 fully saturated rings. The number of halogens is 3. The number of pyridine rings is 1. The highest BCUT2D eigenvalue weighted by Gasteiger charge is 2.44. The molecule has 0 radical (unpaired) electrons. The zero-order valence-electron chi connectivity index (χ0n) is 13.2. The number of nitrogens with zero attached hydrogens (tertiary/aromatic N) is 3. The van der Waals surface area contributed by atoms with Gasteiger partial charge in [0, 0.05) is 32.2 Å². The number of hydrogen-bond donors (Lipinski definition) is 2. The summed E-state index contributed by atoms with van der Waals surface area (Å²) in [5, 5.41) is 3.95. The summed E-state index contributed by atoms with van der Waals surface area (Å²) in [6.45, 7) is 1.69. The van der Waals surface area contributed by atoms with Gasteiger partial charge in [0.2, 0.25) is 0 Å². The van der Waals surface area contributed by atoms with Gasteiger partial charge in [-0.15, -0.1) is 0 Å². The highest BCUT2D eigenvalue weighted by atomic mass is 19.4. The molecular weight excluding hydrogens is 327 g/mol. The zero-order chi connectivity index (χ0) is 18.1. The van der Waals surface area contributed by atoms with Crippen LogP contribution in [0, 0.1) is 6.92 Å². The number of carbonyl (C=O) groups is 1. The zero-order valence-corrected chi connectivity index (χ0v) is 13.2. The van der Waals surface area contributed by atoms with E-state index in [1.807, 2.05) is 0 Å². The molecule has 24 heavy (non-hydrogen) atoms. The Kier molecular flexibility index (Phi) is 4.67. The molecule has 0 aromatic carbocycles. The smallest absolute Gasteiger partial charge is 0.336 e. The number of amides is 2. The van der Waals surface area contributed by atoms with Crippen molar-refractivity contribution in [3.8, 4) is 0 Å². The lowest BCUT2D eigenvalue weighted by Gasteiger charge is -2.21. The van der Waals surface area contributed by atoms with Gasteiger partial charge in [-0.05, 0) is 19.1 Å². The minimum Gasteiger partial charge on any atom is -0.336 e. The second-order valence-corrected chi connectivity index (χ2v) is 5.22. The van der Waals surface area contributed by atoms with E-state index in [9.17, 15) is 22.8 Å². The van der Waals surface area contributed by atoms with Crippen LogP contribution in [0.5, 0.6) is 0 Å². The third kappa shape index (κ3) is 3.58. The van der Waals surface area contributed by atoms with E-state index in [0.29, 0.717) is 5.69 Å². The molecular formula is C14H16F3N5O2. The molecule has 10 heteroatoms. The first-order chi connectivity index (χ1) is 11.1. The molecule has 0 saturated heterocycles. The Balaban J connectivity index is 2.22. The first-order valence-corrected chi connectivity index (χ1v) is 6.89. The van der Waals surface area contributed by atoms with E-state index < -0.39 is 23.8 Å². The van der Waals surface area contributed by atoms with Crippen molar-refractivity contribution >= 4 is 11.7 Å². The van der Waals surface area contributed by atoms with E-state index in [4.69, 9.17) is 0 Å². The van der Waals surface area contributed by atoms with Crippen LogP contribution < -0.4 is 16.2 Å². The quantitative estimate of drug-likeness (QED) is 0.892. The van der Waals surface area contributed by atoms with E-state index in [2.05, 4.69) is 10.3 Å². The van der Waals surface area contributed by atoms with E-state index >= 15 is 0 Å². The third-order valence-electron chi connectivity index (χ3n) is 3.52. The number of imidazole rings is 1. The van der Waals surface area contributed by atoms with Gasteiger partial charge in [0.05, 0.1) is 0 Å². The van der Waals surface area contributed by atoms with Gasteiger partial charge < -0.3 is 19.8 Å². The topological polar surface area (TPSA) is 81.0 Å². The average Bonchev–Trinajstić information content (AvgIpc) is 2.90. The molecule has 0 saturated carbocycles. The minimum absolute atomic E-state index is 0.124. The Labute approximate surface area is 135 Å². The second-order valence-electron chi connectivity index (χ2n) is 5.22. The van der Waals surface area contributed by atoms with Crippen molar-refractivity contribution in [2.24, 2.45) is 14.1 Å². The number of carbonyl (C=O) groups excluding carboxylic acids is 1. The van der Waals surface area contributed by atoms with Gasteiger partial charge >= 0.3 is 12.2 Å². The Morgan fingerprint density at radius 1 is 1.29 bits per heavy atom. The predicted octanol–water partition coefficient (Wildman–Crippen LogP) is 1.85. The Morgan fingerprint density at radius 3 is 2.50 bits per heavy atom. The van der Waals surface area contributed by atoms with Crippen LogP contribution >= 0.6 is 0 Å². The SMILES string of the molecule is Cc1ccc(NC(=O)NC(c2nccn2C)C(F)(F)F)c(=O)n1C. The molecule has 2 aromatic rings. The Hall–Kier alpha value is -2.78. The van der Waals surface area contributed by atoms with Crippen molar-refractivity contribution in [2.75, 3.05) is 5.32 Å². The van der Waals surface area contributed by atoms with Gasteiger partial charge in [0.25, 0.3) is 5.56 Å². The molecule has 2 N–H and O–H groups in total. The molecule has 1 atom stereocenters. The molecule has 2 rings (SSSR count). The molecule has 2 aromatic heterocycles. The molecule has 0 aliphatic rings. The monoisotopic (exact) mass is 343 g/mol. The number of aromatic nitrogens is 3. The number of alkyl halides is 3. The molecule has 2 amide bonds. The van der Waals surface area contributed by atoms with Crippen molar-refractivity contribution in [2.45, 2.75) is 19.1 Å². The molecule has 2 heterocycles. The maximum absolute atomic E-state index is 13.2. The van der Waals surface area contributed by atoms with Crippen LogP contribution in [-0.4, -0.2) is 26.3 Å². The van der Waals surface area contributed by atoms with Crippen molar-refractivity contribution < 1.29 is 18.0 Å². The summed E-state index contributed by atoms with van der Waals surface area (Å²) >= 11 is 0. The highest BCUT2D eigenvalue weighted by Crippen LogP contribution is 2.31. The van der Waals surface area contributed by atoms with Crippen LogP contribution in [0.4, 0.5) is 23.7 Å². The standard InChI is InChI=1S/C14H16F3N5O2/c1-8-4-5-9(12(23)22(8)3)19-13(24)20-10(14(15,16)17)11-18-6-7-21(11)2/h4-7,10H,1-3H3,(H2,19,20,24). The Bertz CT molecular complexity index is 809. The van der Waals surface area contributed by atoms with E-state index in [1.165, 1.54) is 37.1 Å². The summed E-state index contributed by atoms with van der Waals surface area (Å²) in [7, 11) is 2.88. The summed E-state index contributed by atoms with van der Waals surface area (Å²) in [5.74, 6) is -0.366. The van der Waals surface area contributed by atoms with Crippen molar-refractivity contribution in [3.63, 3.8) is 0 Å². The lowest BCUT2D eigenvalue weighted by atomic mass is 10.2. The van der Waals surface area contributed by atoms with E-state index in [1.54, 1.807) is 18.3 Å². The number of anilines is 1. The van der Waals surface area contributed by atoms with Gasteiger partial charge in [-0.3, -0.25) is 4.79 Å². The van der Waals surface area contributed by atoms with Crippen LogP contribution in [-0.2, 0) is 14.1 Å². The molecule has 0 aliphatic carbocycles. The maximum Gasteiger partial charge on any atom is 0.416 e. The van der Waals surface area contributed by atoms with Crippen LogP contribution in [0.2, 0.25) is 0 Å². The van der Waals surface area contributed by atoms with Crippen molar-refractivity contribution in [1.82, 2.24) is 19.4 Å². The van der Waals surface area contributed by atoms with Gasteiger partial charge in [0.1, 0.15) is 11.5 Å². The van der Waals surface area contributed by atoms with Crippen LogP contribution in [0.1, 0.15) is 17.6 Å². The first kappa shape index (κ1) is 17.6. The summed E-state index contributed by atoms with van der Waals surface area (Å²) in [6.07, 6.45) is -2.21. The minimum atomic E-state index is -4.74. The van der Waals surface area contributed by atoms with Gasteiger partial charge in [-0.25, -0.2) is 9.78 Å². The normalized spacial score (nSPS) is 12.8. The average molecular weight is 343 g/mol. The summed E-state index contributed by atoms with van der Waals surface area (Å²) in [4.78, 5) is 27.5. The number of aryl methyl sites for hydroxylation is 2. The van der Waals surface area contributed by atoms with Crippen LogP contribution in [0.3, 0.4) is 0 Å². The molecule has 0 aliphatic heterocycles. The fourth-order valence-corrected chi connectivity index (χ4v) is 2.06. The lowest BCUT2D eigenvalue weighted by molar-refractivity contribution is -0.156. The van der Waals surface area contributed by atoms with Crippen molar-refractivity contribution in [1.29, 1.82) is 0 Å². The number of rotatable bonds is 3. The molecule has 0 spiro atoms. The molecule has 0 bridgehead atoms. The van der Waals surface area contributed by atoms with Gasteiger partial charge in [-0.1, -0.05) is 0 Å². The summed E-state index contributed by atoms with van der Waals surface area (Å²) in [6, 6.07) is -0.550. The van der Waals surface area contributed by atoms with Crippen LogP contribution in [0.25, 0.3) is 0 Å². The lowest BCUT2D eigenvalue weighted by Crippen LogP contribution is -2.42. The fraction of sp³-hybridized carbons (Fsp3) is 0.357.